The molecule has 0 aromatic carbocycles. The molecule has 19 heteroatoms. The zero-order chi connectivity index (χ0) is 70.4. The highest BCUT2D eigenvalue weighted by atomic mass is 31.2. The van der Waals surface area contributed by atoms with Crippen LogP contribution in [-0.2, 0) is 65.4 Å². The van der Waals surface area contributed by atoms with Gasteiger partial charge in [-0.2, -0.15) is 0 Å². The van der Waals surface area contributed by atoms with E-state index >= 15 is 0 Å². The first-order valence-electron chi connectivity index (χ1n) is 36.1. The van der Waals surface area contributed by atoms with Crippen LogP contribution in [0.5, 0.6) is 0 Å². The van der Waals surface area contributed by atoms with Crippen LogP contribution in [0.4, 0.5) is 0 Å². The Kier molecular flexibility index (Phi) is 64.9. The highest BCUT2D eigenvalue weighted by Crippen LogP contribution is 2.45. The summed E-state index contributed by atoms with van der Waals surface area (Å²) in [7, 11) is -9.99. The molecule has 0 spiro atoms. The molecule has 3 N–H and O–H groups in total. The lowest BCUT2D eigenvalue weighted by molar-refractivity contribution is -0.161. The molecule has 0 bridgehead atoms. The molecule has 0 saturated carbocycles. The van der Waals surface area contributed by atoms with Crippen LogP contribution in [0.25, 0.3) is 0 Å². The topological polar surface area (TPSA) is 237 Å². The Balaban J connectivity index is 5.45. The van der Waals surface area contributed by atoms with Crippen LogP contribution in [0.15, 0.2) is 146 Å². The van der Waals surface area contributed by atoms with Crippen molar-refractivity contribution in [1.29, 1.82) is 0 Å². The number of rotatable bonds is 66. The number of ether oxygens (including phenoxy) is 4. The number of allylic oxidation sites excluding steroid dienone is 23. The molecule has 17 nitrogen and oxygen atoms in total. The number of phosphoric ester groups is 2. The predicted molar refractivity (Wildman–Crippen MR) is 390 cm³/mol. The fourth-order valence-electron chi connectivity index (χ4n) is 8.89. The first-order valence-corrected chi connectivity index (χ1v) is 39.1. The molecular weight excluding hydrogens is 1260 g/mol. The van der Waals surface area contributed by atoms with Gasteiger partial charge >= 0.3 is 39.5 Å². The zero-order valence-corrected chi connectivity index (χ0v) is 61.0. The Morgan fingerprint density at radius 1 is 0.312 bits per heavy atom. The van der Waals surface area contributed by atoms with Gasteiger partial charge < -0.3 is 33.8 Å². The molecule has 0 fully saturated rings. The van der Waals surface area contributed by atoms with Gasteiger partial charge in [-0.1, -0.05) is 263 Å². The molecule has 0 heterocycles. The van der Waals surface area contributed by atoms with Crippen molar-refractivity contribution in [2.75, 3.05) is 39.6 Å². The third-order valence-corrected chi connectivity index (χ3v) is 16.2. The maximum atomic E-state index is 13.0. The van der Waals surface area contributed by atoms with Crippen molar-refractivity contribution in [3.63, 3.8) is 0 Å². The van der Waals surface area contributed by atoms with E-state index in [1.165, 1.54) is 38.5 Å². The summed E-state index contributed by atoms with van der Waals surface area (Å²) in [6.45, 7) is 4.34. The summed E-state index contributed by atoms with van der Waals surface area (Å²) in [5.74, 6) is -2.42. The van der Waals surface area contributed by atoms with Crippen LogP contribution >= 0.6 is 15.6 Å². The van der Waals surface area contributed by atoms with E-state index in [0.717, 1.165) is 135 Å². The number of aliphatic hydroxyl groups excluding tert-OH is 1. The molecule has 0 aromatic heterocycles. The number of unbranched alkanes of at least 4 members (excludes halogenated alkanes) is 17. The van der Waals surface area contributed by atoms with Gasteiger partial charge in [-0.15, -0.1) is 0 Å². The standard InChI is InChI=1S/C77H126O17P2/c1-5-9-13-17-21-25-29-32-34-35-37-40-43-46-50-54-58-62-75(80)87-67-72(93-76(81)63-59-55-51-47-41-28-24-20-16-12-8-4)69-91-95(83,84)89-65-71(78)66-90-96(85,86)92-70-73(94-77(82)64-60-56-52-48-44-38-31-27-23-19-15-11-7-3)68-88-74(79)61-57-53-49-45-42-39-36-33-30-26-22-18-14-10-6-2/h9-10,13-15,19,21-22,25-27,31-34,36-37,40,42,45-46,50,53,57,71-73,78H,5-8,11-12,16-18,20,23-24,28-30,35,38-39,41,43-44,47-49,51-52,54-56,58-70H2,1-4H3,(H,83,84)(H,85,86)/b13-9-,14-10-,19-15-,25-21-,26-22-,31-27-,34-32-,36-33-,40-37-,45-42-,50-46-,57-53-. The van der Waals surface area contributed by atoms with E-state index < -0.39 is 97.5 Å². The summed E-state index contributed by atoms with van der Waals surface area (Å²) in [6, 6.07) is 0. The number of carbonyl (C=O) groups is 4. The van der Waals surface area contributed by atoms with Crippen molar-refractivity contribution in [3.8, 4) is 0 Å². The summed E-state index contributed by atoms with van der Waals surface area (Å²) < 4.78 is 68.1. The lowest BCUT2D eigenvalue weighted by Crippen LogP contribution is -2.30. The van der Waals surface area contributed by atoms with Gasteiger partial charge in [0, 0.05) is 19.3 Å². The van der Waals surface area contributed by atoms with Gasteiger partial charge in [-0.3, -0.25) is 37.3 Å². The Hall–Kier alpha value is -5.06. The molecule has 0 aliphatic carbocycles. The normalized spacial score (nSPS) is 14.9. The lowest BCUT2D eigenvalue weighted by Gasteiger charge is -2.21. The third-order valence-electron chi connectivity index (χ3n) is 14.3. The van der Waals surface area contributed by atoms with Crippen LogP contribution in [0.2, 0.25) is 0 Å². The van der Waals surface area contributed by atoms with Crippen molar-refractivity contribution in [2.45, 2.75) is 277 Å². The van der Waals surface area contributed by atoms with Crippen molar-refractivity contribution in [2.24, 2.45) is 0 Å². The van der Waals surface area contributed by atoms with Crippen molar-refractivity contribution >= 4 is 39.5 Å². The largest absolute Gasteiger partial charge is 0.472 e. The SMILES string of the molecule is CC/C=C\C/C=C\C/C=C\C/C=C\C/C=C\CCCC(=O)OCC(COP(=O)(O)OCC(O)COP(=O)(O)OCC(COC(=O)C/C=C\C/C=C\C/C=C\C/C=C\C/C=C\CC)OC(=O)CCCCCCC/C=C\C/C=C\CCC)OC(=O)CCCCCCCCCCCCC. The van der Waals surface area contributed by atoms with Gasteiger partial charge in [0.25, 0.3) is 0 Å². The van der Waals surface area contributed by atoms with Crippen LogP contribution in [-0.4, -0.2) is 96.7 Å². The van der Waals surface area contributed by atoms with Gasteiger partial charge in [-0.05, 0) is 116 Å². The second kappa shape index (κ2) is 68.5. The maximum absolute atomic E-state index is 13.0. The van der Waals surface area contributed by atoms with E-state index in [2.05, 4.69) is 137 Å². The van der Waals surface area contributed by atoms with E-state index in [4.69, 9.17) is 37.0 Å². The van der Waals surface area contributed by atoms with E-state index in [9.17, 15) is 43.2 Å². The van der Waals surface area contributed by atoms with Gasteiger partial charge in [0.15, 0.2) is 12.2 Å². The fraction of sp³-hybridized carbons (Fsp3) is 0.636. The van der Waals surface area contributed by atoms with Crippen molar-refractivity contribution in [1.82, 2.24) is 0 Å². The minimum Gasteiger partial charge on any atom is -0.462 e. The Labute approximate surface area is 579 Å². The molecule has 5 atom stereocenters. The van der Waals surface area contributed by atoms with Crippen LogP contribution in [0.1, 0.15) is 259 Å². The minimum atomic E-state index is -5.00. The number of aliphatic hydroxyl groups is 1. The molecule has 0 amide bonds. The molecular formula is C77H126O17P2. The Morgan fingerprint density at radius 2 is 0.615 bits per heavy atom. The summed E-state index contributed by atoms with van der Waals surface area (Å²) in [5, 5.41) is 10.6. The number of hydrogen-bond donors (Lipinski definition) is 3. The summed E-state index contributed by atoms with van der Waals surface area (Å²) in [5.41, 5.74) is 0. The number of hydrogen-bond acceptors (Lipinski definition) is 15. The summed E-state index contributed by atoms with van der Waals surface area (Å²) in [6.07, 6.45) is 76.1. The van der Waals surface area contributed by atoms with Crippen LogP contribution < -0.4 is 0 Å². The van der Waals surface area contributed by atoms with E-state index in [1.807, 2.05) is 30.4 Å². The lowest BCUT2D eigenvalue weighted by atomic mass is 10.1. The first kappa shape index (κ1) is 90.9. The molecule has 0 rings (SSSR count). The fourth-order valence-corrected chi connectivity index (χ4v) is 10.5. The second-order valence-electron chi connectivity index (χ2n) is 23.4. The summed E-state index contributed by atoms with van der Waals surface area (Å²) >= 11 is 0. The minimum absolute atomic E-state index is 0.0542. The molecule has 0 aromatic rings. The van der Waals surface area contributed by atoms with Gasteiger partial charge in [0.2, 0.25) is 0 Å². The number of carbonyl (C=O) groups excluding carboxylic acids is 4. The predicted octanol–water partition coefficient (Wildman–Crippen LogP) is 20.3. The smallest absolute Gasteiger partial charge is 0.462 e. The van der Waals surface area contributed by atoms with Crippen molar-refractivity contribution in [3.05, 3.63) is 146 Å². The molecule has 5 unspecified atom stereocenters. The molecule has 0 radical (unpaired) electrons. The van der Waals surface area contributed by atoms with E-state index in [1.54, 1.807) is 6.08 Å². The number of phosphoric acid groups is 2. The summed E-state index contributed by atoms with van der Waals surface area (Å²) in [4.78, 5) is 72.6. The molecule has 546 valence electrons. The highest BCUT2D eigenvalue weighted by molar-refractivity contribution is 7.47. The quantitative estimate of drug-likeness (QED) is 0.0169. The average Bonchev–Trinajstić information content (AvgIpc) is 1.13. The van der Waals surface area contributed by atoms with Gasteiger partial charge in [-0.25, -0.2) is 9.13 Å². The van der Waals surface area contributed by atoms with Gasteiger partial charge in [0.05, 0.1) is 32.8 Å². The first-order chi connectivity index (χ1) is 46.7. The third kappa shape index (κ3) is 67.5. The van der Waals surface area contributed by atoms with E-state index in [-0.39, 0.29) is 25.7 Å². The monoisotopic (exact) mass is 1380 g/mol. The molecule has 0 saturated heterocycles. The van der Waals surface area contributed by atoms with Crippen LogP contribution in [0, 0.1) is 0 Å². The Morgan fingerprint density at radius 3 is 1.00 bits per heavy atom. The zero-order valence-electron chi connectivity index (χ0n) is 59.2. The molecule has 0 aliphatic heterocycles. The second-order valence-corrected chi connectivity index (χ2v) is 26.3. The molecule has 96 heavy (non-hydrogen) atoms. The Bertz CT molecular complexity index is 2400. The van der Waals surface area contributed by atoms with Gasteiger partial charge in [0.1, 0.15) is 19.3 Å². The highest BCUT2D eigenvalue weighted by Gasteiger charge is 2.30. The maximum Gasteiger partial charge on any atom is 0.472 e. The molecule has 0 aliphatic rings. The number of esters is 4. The van der Waals surface area contributed by atoms with E-state index in [0.29, 0.717) is 32.1 Å². The van der Waals surface area contributed by atoms with Crippen LogP contribution in [0.3, 0.4) is 0 Å². The average molecular weight is 1390 g/mol. The van der Waals surface area contributed by atoms with Crippen molar-refractivity contribution < 1.29 is 80.2 Å².